The summed E-state index contributed by atoms with van der Waals surface area (Å²) in [6, 6.07) is 3.22. The Bertz CT molecular complexity index is 1030. The van der Waals surface area contributed by atoms with Gasteiger partial charge in [0, 0.05) is 37.0 Å². The number of fused-ring (bicyclic) bond motifs is 1. The molecule has 5 rings (SSSR count). The predicted molar refractivity (Wildman–Crippen MR) is 109 cm³/mol. The standard InChI is InChI=1S/C22H25N5O3/c28-20-16-8-11-26(21(29)14-6-7-14)13-17(16)24-19(25-20)18-5-1-2-10-27(18)22(30)15-4-3-9-23-12-15/h3-4,9,12,14,18H,1-2,5-8,10-11,13H2,(H,24,25,28). The van der Waals surface area contributed by atoms with Crippen LogP contribution in [0.4, 0.5) is 0 Å². The van der Waals surface area contributed by atoms with Crippen molar-refractivity contribution in [3.05, 3.63) is 57.5 Å². The van der Waals surface area contributed by atoms with E-state index >= 15 is 0 Å². The van der Waals surface area contributed by atoms with E-state index in [2.05, 4.69) is 9.97 Å². The van der Waals surface area contributed by atoms with Gasteiger partial charge in [-0.3, -0.25) is 19.4 Å². The smallest absolute Gasteiger partial charge is 0.256 e. The Morgan fingerprint density at radius 2 is 2.00 bits per heavy atom. The number of carbonyl (C=O) groups is 2. The molecule has 2 fully saturated rings. The molecule has 1 atom stereocenters. The van der Waals surface area contributed by atoms with E-state index in [1.54, 1.807) is 29.4 Å². The summed E-state index contributed by atoms with van der Waals surface area (Å²) in [6.07, 6.45) is 8.29. The number of nitrogens with zero attached hydrogens (tertiary/aromatic N) is 4. The van der Waals surface area contributed by atoms with E-state index in [1.165, 1.54) is 0 Å². The molecule has 1 saturated heterocycles. The van der Waals surface area contributed by atoms with Gasteiger partial charge in [-0.2, -0.15) is 0 Å². The Morgan fingerprint density at radius 1 is 1.13 bits per heavy atom. The van der Waals surface area contributed by atoms with Crippen LogP contribution in [-0.4, -0.2) is 49.7 Å². The van der Waals surface area contributed by atoms with Crippen LogP contribution >= 0.6 is 0 Å². The Kier molecular flexibility index (Phi) is 4.84. The minimum atomic E-state index is -0.279. The van der Waals surface area contributed by atoms with Crippen molar-refractivity contribution in [3.63, 3.8) is 0 Å². The molecule has 0 aromatic carbocycles. The fraction of sp³-hybridized carbons (Fsp3) is 0.500. The van der Waals surface area contributed by atoms with E-state index in [0.717, 1.165) is 32.1 Å². The summed E-state index contributed by atoms with van der Waals surface area (Å²) in [5, 5.41) is 0. The summed E-state index contributed by atoms with van der Waals surface area (Å²) in [6.45, 7) is 1.57. The van der Waals surface area contributed by atoms with E-state index in [0.29, 0.717) is 48.7 Å². The quantitative estimate of drug-likeness (QED) is 0.837. The summed E-state index contributed by atoms with van der Waals surface area (Å²) in [7, 11) is 0. The van der Waals surface area contributed by atoms with Crippen molar-refractivity contribution in [1.82, 2.24) is 24.8 Å². The van der Waals surface area contributed by atoms with Gasteiger partial charge in [0.15, 0.2) is 0 Å². The van der Waals surface area contributed by atoms with Crippen molar-refractivity contribution in [2.45, 2.75) is 51.1 Å². The molecular weight excluding hydrogens is 382 g/mol. The minimum absolute atomic E-state index is 0.0984. The monoisotopic (exact) mass is 407 g/mol. The zero-order valence-corrected chi connectivity index (χ0v) is 16.8. The van der Waals surface area contributed by atoms with E-state index in [9.17, 15) is 14.4 Å². The van der Waals surface area contributed by atoms with Crippen molar-refractivity contribution >= 4 is 11.8 Å². The van der Waals surface area contributed by atoms with Crippen LogP contribution in [0.3, 0.4) is 0 Å². The number of piperidine rings is 1. The molecule has 0 bridgehead atoms. The molecule has 1 N–H and O–H groups in total. The van der Waals surface area contributed by atoms with Crippen molar-refractivity contribution in [2.75, 3.05) is 13.1 Å². The lowest BCUT2D eigenvalue weighted by Crippen LogP contribution is -2.42. The first-order chi connectivity index (χ1) is 14.6. The Balaban J connectivity index is 1.45. The van der Waals surface area contributed by atoms with Crippen LogP contribution in [0.25, 0.3) is 0 Å². The number of amides is 2. The predicted octanol–water partition coefficient (Wildman–Crippen LogP) is 1.83. The van der Waals surface area contributed by atoms with Crippen LogP contribution in [0.1, 0.15) is 65.6 Å². The van der Waals surface area contributed by atoms with Gasteiger partial charge in [0.2, 0.25) is 5.91 Å². The first kappa shape index (κ1) is 19.0. The number of pyridine rings is 1. The lowest BCUT2D eigenvalue weighted by atomic mass is 9.99. The van der Waals surface area contributed by atoms with Gasteiger partial charge in [-0.25, -0.2) is 4.98 Å². The SMILES string of the molecule is O=C(C1CC1)N1CCc2c(nc(C3CCCCN3C(=O)c3cccnc3)[nH]c2=O)C1. The number of nitrogens with one attached hydrogen (secondary N) is 1. The van der Waals surface area contributed by atoms with Crippen LogP contribution in [0.2, 0.25) is 0 Å². The maximum absolute atomic E-state index is 13.1. The third kappa shape index (κ3) is 3.51. The summed E-state index contributed by atoms with van der Waals surface area (Å²) < 4.78 is 0. The number of rotatable bonds is 3. The number of aromatic amines is 1. The minimum Gasteiger partial charge on any atom is -0.336 e. The van der Waals surface area contributed by atoms with E-state index in [-0.39, 0.29) is 29.3 Å². The molecule has 1 unspecified atom stereocenters. The van der Waals surface area contributed by atoms with Gasteiger partial charge in [-0.05, 0) is 50.7 Å². The maximum Gasteiger partial charge on any atom is 0.256 e. The Labute approximate surface area is 174 Å². The fourth-order valence-electron chi connectivity index (χ4n) is 4.51. The number of carbonyl (C=O) groups excluding carboxylic acids is 2. The van der Waals surface area contributed by atoms with E-state index < -0.39 is 0 Å². The largest absolute Gasteiger partial charge is 0.336 e. The second kappa shape index (κ2) is 7.66. The molecule has 2 amide bonds. The highest BCUT2D eigenvalue weighted by molar-refractivity contribution is 5.94. The van der Waals surface area contributed by atoms with Crippen molar-refractivity contribution < 1.29 is 9.59 Å². The molecule has 4 heterocycles. The second-order valence-electron chi connectivity index (χ2n) is 8.41. The van der Waals surface area contributed by atoms with Gasteiger partial charge >= 0.3 is 0 Å². The highest BCUT2D eigenvalue weighted by Crippen LogP contribution is 2.33. The van der Waals surface area contributed by atoms with Crippen LogP contribution in [0, 0.1) is 5.92 Å². The third-order valence-electron chi connectivity index (χ3n) is 6.32. The topological polar surface area (TPSA) is 99.3 Å². The molecule has 0 spiro atoms. The Hall–Kier alpha value is -3.03. The molecule has 30 heavy (non-hydrogen) atoms. The third-order valence-corrected chi connectivity index (χ3v) is 6.32. The van der Waals surface area contributed by atoms with Gasteiger partial charge in [0.25, 0.3) is 11.5 Å². The molecule has 2 aromatic heterocycles. The number of H-pyrrole nitrogens is 1. The molecule has 2 aliphatic heterocycles. The first-order valence-corrected chi connectivity index (χ1v) is 10.7. The lowest BCUT2D eigenvalue weighted by Gasteiger charge is -2.36. The molecule has 1 aliphatic carbocycles. The van der Waals surface area contributed by atoms with Crippen LogP contribution in [-0.2, 0) is 17.8 Å². The molecule has 1 saturated carbocycles. The molecule has 3 aliphatic rings. The van der Waals surface area contributed by atoms with Crippen molar-refractivity contribution in [2.24, 2.45) is 5.92 Å². The molecule has 0 radical (unpaired) electrons. The van der Waals surface area contributed by atoms with Crippen molar-refractivity contribution in [1.29, 1.82) is 0 Å². The van der Waals surface area contributed by atoms with Gasteiger partial charge in [-0.15, -0.1) is 0 Å². The number of hydrogen-bond donors (Lipinski definition) is 1. The average molecular weight is 407 g/mol. The lowest BCUT2D eigenvalue weighted by molar-refractivity contribution is -0.133. The summed E-state index contributed by atoms with van der Waals surface area (Å²) >= 11 is 0. The van der Waals surface area contributed by atoms with Gasteiger partial charge in [0.05, 0.1) is 23.8 Å². The molecule has 156 valence electrons. The van der Waals surface area contributed by atoms with E-state index in [1.807, 2.05) is 4.90 Å². The highest BCUT2D eigenvalue weighted by Gasteiger charge is 2.36. The molecule has 2 aromatic rings. The molecule has 8 heteroatoms. The van der Waals surface area contributed by atoms with Crippen LogP contribution in [0.5, 0.6) is 0 Å². The zero-order valence-electron chi connectivity index (χ0n) is 16.8. The highest BCUT2D eigenvalue weighted by atomic mass is 16.2. The van der Waals surface area contributed by atoms with E-state index in [4.69, 9.17) is 4.98 Å². The van der Waals surface area contributed by atoms with Gasteiger partial charge in [0.1, 0.15) is 5.82 Å². The second-order valence-corrected chi connectivity index (χ2v) is 8.41. The maximum atomic E-state index is 13.1. The number of aromatic nitrogens is 3. The fourth-order valence-corrected chi connectivity index (χ4v) is 4.51. The number of hydrogen-bond acceptors (Lipinski definition) is 5. The first-order valence-electron chi connectivity index (χ1n) is 10.7. The summed E-state index contributed by atoms with van der Waals surface area (Å²) in [5.41, 5.74) is 1.73. The number of likely N-dealkylation sites (tertiary alicyclic amines) is 1. The Morgan fingerprint density at radius 3 is 2.77 bits per heavy atom. The zero-order chi connectivity index (χ0) is 20.7. The summed E-state index contributed by atoms with van der Waals surface area (Å²) in [4.78, 5) is 53.8. The van der Waals surface area contributed by atoms with Crippen LogP contribution < -0.4 is 5.56 Å². The summed E-state index contributed by atoms with van der Waals surface area (Å²) in [5.74, 6) is 0.754. The molecule has 8 nitrogen and oxygen atoms in total. The molecular formula is C22H25N5O3. The van der Waals surface area contributed by atoms with Crippen molar-refractivity contribution in [3.8, 4) is 0 Å². The van der Waals surface area contributed by atoms with Crippen LogP contribution in [0.15, 0.2) is 29.3 Å². The van der Waals surface area contributed by atoms with Gasteiger partial charge in [-0.1, -0.05) is 0 Å². The normalized spacial score (nSPS) is 21.3. The average Bonchev–Trinajstić information content (AvgIpc) is 3.64. The van der Waals surface area contributed by atoms with Gasteiger partial charge < -0.3 is 14.8 Å².